The van der Waals surface area contributed by atoms with E-state index in [1.807, 2.05) is 12.1 Å². The number of fused-ring (bicyclic) bond motifs is 1. The van der Waals surface area contributed by atoms with E-state index in [-0.39, 0.29) is 5.91 Å². The molecule has 12 heteroatoms. The average Bonchev–Trinajstić information content (AvgIpc) is 2.90. The Morgan fingerprint density at radius 2 is 1.95 bits per heavy atom. The highest BCUT2D eigenvalue weighted by Gasteiger charge is 2.23. The van der Waals surface area contributed by atoms with Crippen molar-refractivity contribution in [3.63, 3.8) is 0 Å². The van der Waals surface area contributed by atoms with Gasteiger partial charge < -0.3 is 31.2 Å². The molecule has 4 rings (SSSR count). The topological polar surface area (TPSA) is 171 Å². The number of ether oxygens (including phenoxy) is 2. The van der Waals surface area contributed by atoms with Gasteiger partial charge in [-0.15, -0.1) is 0 Å². The molecule has 1 atom stereocenters. The number of hydrogen-bond donors (Lipinski definition) is 3. The van der Waals surface area contributed by atoms with Crippen LogP contribution in [0.2, 0.25) is 0 Å². The third kappa shape index (κ3) is 6.58. The minimum Gasteiger partial charge on any atom is -0.496 e. The molecule has 1 unspecified atom stereocenters. The van der Waals surface area contributed by atoms with Crippen molar-refractivity contribution < 1.29 is 19.1 Å². The molecule has 0 bridgehead atoms. The van der Waals surface area contributed by atoms with Crippen LogP contribution < -0.4 is 26.4 Å². The highest BCUT2D eigenvalue weighted by molar-refractivity contribution is 5.94. The number of anilines is 3. The Morgan fingerprint density at radius 3 is 2.68 bits per heavy atom. The number of nitrogens with two attached hydrogens (primary N) is 2. The predicted molar refractivity (Wildman–Crippen MR) is 139 cm³/mol. The summed E-state index contributed by atoms with van der Waals surface area (Å²) in [4.78, 5) is 43.4. The number of methoxy groups -OCH3 is 1. The summed E-state index contributed by atoms with van der Waals surface area (Å²) < 4.78 is 11.0. The van der Waals surface area contributed by atoms with E-state index in [2.05, 4.69) is 30.2 Å². The van der Waals surface area contributed by atoms with Gasteiger partial charge >= 0.3 is 0 Å². The maximum atomic E-state index is 12.5. The van der Waals surface area contributed by atoms with Crippen molar-refractivity contribution >= 4 is 40.3 Å². The van der Waals surface area contributed by atoms with E-state index in [9.17, 15) is 9.59 Å². The fraction of sp³-hybridized carbons (Fsp3) is 0.440. The summed E-state index contributed by atoms with van der Waals surface area (Å²) in [6.45, 7) is 2.82. The lowest BCUT2D eigenvalue weighted by atomic mass is 9.90. The molecule has 1 aromatic carbocycles. The monoisotopic (exact) mass is 508 g/mol. The molecular weight excluding hydrogens is 476 g/mol. The zero-order valence-electron chi connectivity index (χ0n) is 20.9. The number of carbonyl (C=O) groups is 2. The number of nitrogens with one attached hydrogen (secondary N) is 1. The van der Waals surface area contributed by atoms with E-state index in [0.717, 1.165) is 25.3 Å². The summed E-state index contributed by atoms with van der Waals surface area (Å²) in [6.07, 6.45) is 6.11. The summed E-state index contributed by atoms with van der Waals surface area (Å²) in [6, 6.07) is 5.46. The van der Waals surface area contributed by atoms with Crippen molar-refractivity contribution in [2.24, 2.45) is 11.5 Å². The van der Waals surface area contributed by atoms with Gasteiger partial charge in [-0.25, -0.2) is 15.0 Å². The van der Waals surface area contributed by atoms with Crippen molar-refractivity contribution in [2.45, 2.75) is 38.0 Å². The zero-order chi connectivity index (χ0) is 26.2. The minimum absolute atomic E-state index is 0.321. The Kier molecular flexibility index (Phi) is 8.62. The van der Waals surface area contributed by atoms with Gasteiger partial charge in [-0.3, -0.25) is 9.59 Å². The minimum atomic E-state index is -0.582. The number of morpholine rings is 1. The molecule has 196 valence electrons. The number of benzene rings is 1. The predicted octanol–water partition coefficient (Wildman–Crippen LogP) is 2.01. The second-order valence-corrected chi connectivity index (χ2v) is 8.82. The third-order valence-corrected chi connectivity index (χ3v) is 6.33. The smallest absolute Gasteiger partial charge is 0.230 e. The molecule has 1 aliphatic rings. The maximum Gasteiger partial charge on any atom is 0.230 e. The van der Waals surface area contributed by atoms with Gasteiger partial charge in [0.15, 0.2) is 0 Å². The van der Waals surface area contributed by atoms with E-state index >= 15 is 0 Å². The normalized spacial score (nSPS) is 14.4. The number of unbranched alkanes of at least 4 members (excludes halogenated alkanes) is 2. The fourth-order valence-electron chi connectivity index (χ4n) is 4.41. The van der Waals surface area contributed by atoms with E-state index in [1.54, 1.807) is 19.4 Å². The highest BCUT2D eigenvalue weighted by Crippen LogP contribution is 2.36. The lowest BCUT2D eigenvalue weighted by Crippen LogP contribution is -2.36. The first-order valence-corrected chi connectivity index (χ1v) is 12.3. The van der Waals surface area contributed by atoms with Gasteiger partial charge in [0.25, 0.3) is 0 Å². The standard InChI is InChI=1S/C25H32N8O4/c1-36-20-14-19-18(13-17(20)16(23(27)35)5-3-2-4-6-21(26)34)24(30-15-29-19)32-25-28-8-7-22(31-25)33-9-11-37-12-10-33/h7-8,13-16H,2-6,9-12H2,1H3,(H2,26,34)(H2,27,35)(H,28,29,30,31,32). The molecular formula is C25H32N8O4. The SMILES string of the molecule is COc1cc2ncnc(Nc3nccc(N4CCOCC4)n3)c2cc1C(CCCCCC(N)=O)C(N)=O. The van der Waals surface area contributed by atoms with Gasteiger partial charge in [0.2, 0.25) is 17.8 Å². The van der Waals surface area contributed by atoms with Gasteiger partial charge in [0, 0.05) is 42.7 Å². The van der Waals surface area contributed by atoms with Crippen molar-refractivity contribution in [3.05, 3.63) is 36.3 Å². The maximum absolute atomic E-state index is 12.5. The number of nitrogens with zero attached hydrogens (tertiary/aromatic N) is 5. The van der Waals surface area contributed by atoms with E-state index < -0.39 is 11.8 Å². The summed E-state index contributed by atoms with van der Waals surface area (Å²) in [5, 5.41) is 3.88. The Bertz CT molecular complexity index is 1250. The Labute approximate surface area is 214 Å². The quantitative estimate of drug-likeness (QED) is 0.307. The van der Waals surface area contributed by atoms with E-state index in [0.29, 0.717) is 72.9 Å². The van der Waals surface area contributed by atoms with Gasteiger partial charge in [0.1, 0.15) is 23.7 Å². The van der Waals surface area contributed by atoms with Gasteiger partial charge in [-0.05, 0) is 25.0 Å². The number of rotatable bonds is 12. The van der Waals surface area contributed by atoms with Crippen molar-refractivity contribution in [1.29, 1.82) is 0 Å². The molecule has 2 amide bonds. The fourth-order valence-corrected chi connectivity index (χ4v) is 4.41. The first-order chi connectivity index (χ1) is 18.0. The van der Waals surface area contributed by atoms with Crippen LogP contribution in [0.4, 0.5) is 17.6 Å². The second kappa shape index (κ2) is 12.3. The molecule has 5 N–H and O–H groups in total. The van der Waals surface area contributed by atoms with Crippen LogP contribution in [0.1, 0.15) is 43.6 Å². The number of hydrogen-bond acceptors (Lipinski definition) is 10. The Balaban J connectivity index is 1.61. The van der Waals surface area contributed by atoms with Gasteiger partial charge in [0.05, 0.1) is 31.8 Å². The average molecular weight is 509 g/mol. The molecule has 0 saturated carbocycles. The highest BCUT2D eigenvalue weighted by atomic mass is 16.5. The van der Waals surface area contributed by atoms with Crippen molar-refractivity contribution in [1.82, 2.24) is 19.9 Å². The lowest BCUT2D eigenvalue weighted by molar-refractivity contribution is -0.120. The largest absolute Gasteiger partial charge is 0.496 e. The lowest BCUT2D eigenvalue weighted by Gasteiger charge is -2.27. The van der Waals surface area contributed by atoms with Crippen molar-refractivity contribution in [2.75, 3.05) is 43.6 Å². The van der Waals surface area contributed by atoms with Crippen molar-refractivity contribution in [3.8, 4) is 5.75 Å². The van der Waals surface area contributed by atoms with Crippen LogP contribution in [0, 0.1) is 0 Å². The molecule has 1 fully saturated rings. The molecule has 0 aliphatic carbocycles. The van der Waals surface area contributed by atoms with Gasteiger partial charge in [-0.1, -0.05) is 12.8 Å². The van der Waals surface area contributed by atoms with Crippen LogP contribution in [0.15, 0.2) is 30.7 Å². The number of carbonyl (C=O) groups excluding carboxylic acids is 2. The molecule has 1 saturated heterocycles. The molecule has 3 aromatic rings. The molecule has 0 radical (unpaired) electrons. The number of primary amides is 2. The first-order valence-electron chi connectivity index (χ1n) is 12.3. The molecule has 3 heterocycles. The zero-order valence-corrected chi connectivity index (χ0v) is 20.9. The molecule has 12 nitrogen and oxygen atoms in total. The van der Waals surface area contributed by atoms with Crippen LogP contribution in [-0.4, -0.2) is 65.2 Å². The van der Waals surface area contributed by atoms with Crippen LogP contribution in [0.25, 0.3) is 10.9 Å². The summed E-state index contributed by atoms with van der Waals surface area (Å²) >= 11 is 0. The van der Waals surface area contributed by atoms with Crippen LogP contribution in [-0.2, 0) is 14.3 Å². The van der Waals surface area contributed by atoms with Gasteiger partial charge in [-0.2, -0.15) is 4.98 Å². The number of amides is 2. The van der Waals surface area contributed by atoms with Crippen LogP contribution >= 0.6 is 0 Å². The number of aromatic nitrogens is 4. The molecule has 0 spiro atoms. The van der Waals surface area contributed by atoms with E-state index in [1.165, 1.54) is 6.33 Å². The molecule has 37 heavy (non-hydrogen) atoms. The third-order valence-electron chi connectivity index (χ3n) is 6.33. The second-order valence-electron chi connectivity index (χ2n) is 8.82. The van der Waals surface area contributed by atoms with Crippen LogP contribution in [0.5, 0.6) is 5.75 Å². The first kappa shape index (κ1) is 26.0. The molecule has 1 aliphatic heterocycles. The summed E-state index contributed by atoms with van der Waals surface area (Å²) in [5.41, 5.74) is 12.3. The Morgan fingerprint density at radius 1 is 1.14 bits per heavy atom. The summed E-state index contributed by atoms with van der Waals surface area (Å²) in [5.74, 6) is 0.833. The molecule has 2 aromatic heterocycles. The van der Waals surface area contributed by atoms with E-state index in [4.69, 9.17) is 20.9 Å². The van der Waals surface area contributed by atoms with Crippen LogP contribution in [0.3, 0.4) is 0 Å². The Hall–Kier alpha value is -4.06. The summed E-state index contributed by atoms with van der Waals surface area (Å²) in [7, 11) is 1.54.